The molecule has 4 aromatic rings. The van der Waals surface area contributed by atoms with Crippen molar-refractivity contribution in [3.8, 4) is 28.7 Å². The number of hydrogen-bond donors (Lipinski definition) is 7. The van der Waals surface area contributed by atoms with Gasteiger partial charge < -0.3 is 64.2 Å². The number of carbonyl (C=O) groups is 2. The number of aliphatic hydroxyl groups excluding tert-OH is 7. The molecule has 4 aromatic carbocycles. The second-order valence-corrected chi connectivity index (χ2v) is 15.1. The lowest BCUT2D eigenvalue weighted by molar-refractivity contribution is -0.120. The number of esters is 1. The molecule has 0 spiro atoms. The summed E-state index contributed by atoms with van der Waals surface area (Å²) in [6.07, 6.45) is -0.359. The van der Waals surface area contributed by atoms with Crippen molar-refractivity contribution >= 4 is 12.4 Å². The summed E-state index contributed by atoms with van der Waals surface area (Å²) in [6, 6.07) is 16.4. The predicted octanol–water partition coefficient (Wildman–Crippen LogP) is 4.62. The molecule has 2 aliphatic rings. The maximum Gasteiger partial charge on any atom is 0.338 e. The number of fused-ring (bicyclic) bond motifs is 2. The van der Waals surface area contributed by atoms with E-state index in [1.54, 1.807) is 60.7 Å². The quantitative estimate of drug-likeness (QED) is 0.0764. The van der Waals surface area contributed by atoms with Crippen LogP contribution in [0.3, 0.4) is 0 Å². The molecule has 2 aliphatic heterocycles. The van der Waals surface area contributed by atoms with E-state index in [1.807, 2.05) is 27.7 Å². The molecule has 0 fully saturated rings. The van der Waals surface area contributed by atoms with Crippen molar-refractivity contribution in [2.75, 3.05) is 14.2 Å². The third kappa shape index (κ3) is 11.9. The zero-order valence-corrected chi connectivity index (χ0v) is 34.1. The van der Waals surface area contributed by atoms with E-state index in [2.05, 4.69) is 0 Å². The summed E-state index contributed by atoms with van der Waals surface area (Å²) in [6.45, 7) is 6.96. The summed E-state index contributed by atoms with van der Waals surface area (Å²) in [7, 11) is 2.95. The lowest BCUT2D eigenvalue weighted by atomic mass is 9.91. The zero-order valence-electron chi connectivity index (χ0n) is 34.1. The predicted molar refractivity (Wildman–Crippen MR) is 213 cm³/mol. The second kappa shape index (κ2) is 20.6. The van der Waals surface area contributed by atoms with Crippen LogP contribution < -0.4 is 23.7 Å². The van der Waals surface area contributed by atoms with Crippen LogP contribution in [0.25, 0.3) is 0 Å². The van der Waals surface area contributed by atoms with Crippen molar-refractivity contribution in [1.29, 1.82) is 0 Å². The molecular weight excluding hydrogens is 768 g/mol. The molecule has 0 saturated carbocycles. The van der Waals surface area contributed by atoms with Crippen molar-refractivity contribution in [3.63, 3.8) is 0 Å². The van der Waals surface area contributed by atoms with Gasteiger partial charge in [-0.3, -0.25) is 4.79 Å². The fourth-order valence-electron chi connectivity index (χ4n) is 6.81. The zero-order chi connectivity index (χ0) is 43.5. The van der Waals surface area contributed by atoms with Gasteiger partial charge >= 0.3 is 5.97 Å². The Balaban J connectivity index is 0.000000216. The number of ether oxygens (including phenoxy) is 6. The Kier molecular flexibility index (Phi) is 16.2. The van der Waals surface area contributed by atoms with E-state index >= 15 is 0 Å². The molecule has 0 bridgehead atoms. The van der Waals surface area contributed by atoms with Crippen LogP contribution in [-0.2, 0) is 49.2 Å². The summed E-state index contributed by atoms with van der Waals surface area (Å²) in [5.41, 5.74) is 4.12. The van der Waals surface area contributed by atoms with Crippen LogP contribution in [-0.4, -0.2) is 73.6 Å². The van der Waals surface area contributed by atoms with Gasteiger partial charge in [0.2, 0.25) is 0 Å². The molecule has 15 heteroatoms. The first kappa shape index (κ1) is 46.4. The standard InChI is InChI=1S/C22H26O7.C12H14O4.C10H14O4/c1-22(2)9-18(25)16-8-14(4-5-19(16)29-22)21(26)28-12-13-6-15(10-23)17(11-24)20(7-13)27-3;1-12(2)6-10(14)9-5-8(15-7-13)3-4-11(9)16-12;1-14-10-3-7(4-11)2-8(5-12)9(10)6-13/h4-8,18,23-25H,9-12H2,1-3H3;3-5,7,10,14H,6H2,1-2H3;2-3,11-13H,4-6H2,1H3. The molecule has 7 N–H and O–H groups in total. The molecule has 2 unspecified atom stereocenters. The van der Waals surface area contributed by atoms with Crippen molar-refractivity contribution in [2.24, 2.45) is 0 Å². The molecule has 0 aromatic heterocycles. The molecule has 59 heavy (non-hydrogen) atoms. The SMILES string of the molecule is CC1(C)CC(O)c2cc(OC=O)ccc2O1.COc1cc(CO)cc(CO)c1CO.COc1cc(COC(=O)c2ccc3c(c2)C(O)CC(C)(C)O3)cc(CO)c1CO. The smallest absolute Gasteiger partial charge is 0.338 e. The average molecular weight is 823 g/mol. The maximum absolute atomic E-state index is 12.5. The number of rotatable bonds is 12. The first-order chi connectivity index (χ1) is 28.1. The minimum atomic E-state index is -0.719. The highest BCUT2D eigenvalue weighted by molar-refractivity contribution is 5.90. The third-order valence-electron chi connectivity index (χ3n) is 9.64. The van der Waals surface area contributed by atoms with Gasteiger partial charge in [0, 0.05) is 35.1 Å². The van der Waals surface area contributed by atoms with E-state index in [9.17, 15) is 30.0 Å². The number of hydrogen-bond acceptors (Lipinski definition) is 15. The summed E-state index contributed by atoms with van der Waals surface area (Å²) >= 11 is 0. The van der Waals surface area contributed by atoms with Crippen LogP contribution in [0.5, 0.6) is 28.7 Å². The van der Waals surface area contributed by atoms with Gasteiger partial charge in [-0.1, -0.05) is 6.07 Å². The van der Waals surface area contributed by atoms with Crippen molar-refractivity contribution < 1.29 is 73.8 Å². The van der Waals surface area contributed by atoms with Gasteiger partial charge in [-0.25, -0.2) is 4.79 Å². The van der Waals surface area contributed by atoms with Gasteiger partial charge in [0.25, 0.3) is 6.47 Å². The number of aliphatic hydroxyl groups is 7. The lowest BCUT2D eigenvalue weighted by Gasteiger charge is -2.35. The van der Waals surface area contributed by atoms with Gasteiger partial charge in [-0.15, -0.1) is 0 Å². The Morgan fingerprint density at radius 1 is 0.678 bits per heavy atom. The van der Waals surface area contributed by atoms with E-state index in [-0.39, 0.29) is 45.2 Å². The summed E-state index contributed by atoms with van der Waals surface area (Å²) in [5.74, 6) is 1.98. The van der Waals surface area contributed by atoms with Crippen LogP contribution in [0.2, 0.25) is 0 Å². The molecule has 2 heterocycles. The molecule has 0 aliphatic carbocycles. The van der Waals surface area contributed by atoms with Gasteiger partial charge in [0.1, 0.15) is 46.6 Å². The van der Waals surface area contributed by atoms with Crippen LogP contribution in [0.4, 0.5) is 0 Å². The van der Waals surface area contributed by atoms with E-state index in [1.165, 1.54) is 14.2 Å². The normalized spacial score (nSPS) is 16.8. The van der Waals surface area contributed by atoms with Crippen molar-refractivity contribution in [3.05, 3.63) is 111 Å². The van der Waals surface area contributed by atoms with Gasteiger partial charge in [0.15, 0.2) is 0 Å². The molecule has 15 nitrogen and oxygen atoms in total. The summed E-state index contributed by atoms with van der Waals surface area (Å²) in [4.78, 5) is 22.7. The summed E-state index contributed by atoms with van der Waals surface area (Å²) in [5, 5.41) is 66.4. The molecule has 0 amide bonds. The molecule has 320 valence electrons. The largest absolute Gasteiger partial charge is 0.496 e. The molecule has 6 rings (SSSR count). The second-order valence-electron chi connectivity index (χ2n) is 15.1. The van der Waals surface area contributed by atoms with Gasteiger partial charge in [-0.05, 0) is 105 Å². The Hall–Kier alpha value is -5.26. The van der Waals surface area contributed by atoms with Crippen LogP contribution in [0.1, 0.15) is 108 Å². The van der Waals surface area contributed by atoms with Crippen LogP contribution in [0, 0.1) is 0 Å². The fourth-order valence-corrected chi connectivity index (χ4v) is 6.81. The molecule has 0 saturated heterocycles. The number of benzene rings is 4. The average Bonchev–Trinajstić information content (AvgIpc) is 3.21. The van der Waals surface area contributed by atoms with Crippen molar-refractivity contribution in [1.82, 2.24) is 0 Å². The minimum absolute atomic E-state index is 0.0307. The molecule has 0 radical (unpaired) electrons. The Labute approximate surface area is 342 Å². The topological polar surface area (TPSA) is 231 Å². The van der Waals surface area contributed by atoms with Gasteiger partial charge in [-0.2, -0.15) is 0 Å². The third-order valence-corrected chi connectivity index (χ3v) is 9.64. The number of methoxy groups -OCH3 is 2. The first-order valence-corrected chi connectivity index (χ1v) is 18.8. The van der Waals surface area contributed by atoms with E-state index in [0.717, 1.165) is 0 Å². The van der Waals surface area contributed by atoms with E-state index in [4.69, 9.17) is 43.7 Å². The minimum Gasteiger partial charge on any atom is -0.496 e. The Morgan fingerprint density at radius 3 is 1.64 bits per heavy atom. The van der Waals surface area contributed by atoms with E-state index < -0.39 is 23.8 Å². The first-order valence-electron chi connectivity index (χ1n) is 18.8. The monoisotopic (exact) mass is 822 g/mol. The van der Waals surface area contributed by atoms with Crippen molar-refractivity contribution in [2.45, 2.75) is 104 Å². The van der Waals surface area contributed by atoms with E-state index in [0.29, 0.717) is 98.1 Å². The summed E-state index contributed by atoms with van der Waals surface area (Å²) < 4.78 is 32.0. The molecular formula is C44H54O15. The van der Waals surface area contributed by atoms with Crippen LogP contribution in [0.15, 0.2) is 60.7 Å². The fraction of sp³-hybridized carbons (Fsp3) is 0.409. The maximum atomic E-state index is 12.5. The number of carbonyl (C=O) groups excluding carboxylic acids is 2. The van der Waals surface area contributed by atoms with Gasteiger partial charge in [0.05, 0.1) is 65.0 Å². The highest BCUT2D eigenvalue weighted by Crippen LogP contribution is 2.42. The highest BCUT2D eigenvalue weighted by Gasteiger charge is 2.34. The lowest BCUT2D eigenvalue weighted by Crippen LogP contribution is -2.34. The Morgan fingerprint density at radius 2 is 1.17 bits per heavy atom. The Bertz CT molecular complexity index is 2010. The van der Waals surface area contributed by atoms with Crippen LogP contribution >= 0.6 is 0 Å². The molecule has 2 atom stereocenters. The highest BCUT2D eigenvalue weighted by atomic mass is 16.5.